The summed E-state index contributed by atoms with van der Waals surface area (Å²) in [7, 11) is -0.667. The minimum Gasteiger partial charge on any atom is -0.495 e. The number of hydrogen-bond donors (Lipinski definition) is 0. The van der Waals surface area contributed by atoms with Crippen LogP contribution in [0.5, 0.6) is 5.75 Å². The van der Waals surface area contributed by atoms with Crippen molar-refractivity contribution in [3.05, 3.63) is 53.1 Å². The standard InChI is InChI=1S/C15H16ClNO3S/c1-11-4-6-12(7-5-11)17(2)21(18,19)13-8-9-15(20-3)14(16)10-13/h4-10H,1-3H3. The van der Waals surface area contributed by atoms with Crippen molar-refractivity contribution in [2.75, 3.05) is 18.5 Å². The average molecular weight is 326 g/mol. The molecular formula is C15H16ClNO3S. The summed E-state index contributed by atoms with van der Waals surface area (Å²) in [5, 5.41) is 0.260. The topological polar surface area (TPSA) is 46.6 Å². The fourth-order valence-electron chi connectivity index (χ4n) is 1.86. The van der Waals surface area contributed by atoms with Gasteiger partial charge in [0.1, 0.15) is 5.75 Å². The van der Waals surface area contributed by atoms with Crippen LogP contribution in [-0.4, -0.2) is 22.6 Å². The summed E-state index contributed by atoms with van der Waals surface area (Å²) < 4.78 is 31.4. The first kappa shape index (κ1) is 15.7. The first-order valence-electron chi connectivity index (χ1n) is 6.25. The van der Waals surface area contributed by atoms with Gasteiger partial charge in [0.25, 0.3) is 10.0 Å². The van der Waals surface area contributed by atoms with E-state index in [-0.39, 0.29) is 9.92 Å². The highest BCUT2D eigenvalue weighted by Crippen LogP contribution is 2.29. The summed E-state index contributed by atoms with van der Waals surface area (Å²) in [6.07, 6.45) is 0. The third kappa shape index (κ3) is 3.14. The molecule has 0 aromatic heterocycles. The molecule has 2 aromatic carbocycles. The van der Waals surface area contributed by atoms with Gasteiger partial charge < -0.3 is 4.74 Å². The van der Waals surface area contributed by atoms with Gasteiger partial charge in [-0.3, -0.25) is 4.31 Å². The summed E-state index contributed by atoms with van der Waals surface area (Å²) in [6, 6.07) is 11.7. The van der Waals surface area contributed by atoms with E-state index in [4.69, 9.17) is 16.3 Å². The fraction of sp³-hybridized carbons (Fsp3) is 0.200. The Bertz CT molecular complexity index is 742. The Morgan fingerprint density at radius 3 is 2.24 bits per heavy atom. The highest BCUT2D eigenvalue weighted by Gasteiger charge is 2.22. The molecule has 0 spiro atoms. The number of hydrogen-bond acceptors (Lipinski definition) is 3. The smallest absolute Gasteiger partial charge is 0.264 e. The monoisotopic (exact) mass is 325 g/mol. The zero-order chi connectivity index (χ0) is 15.6. The molecule has 0 aliphatic rings. The molecule has 6 heteroatoms. The number of anilines is 1. The third-order valence-electron chi connectivity index (χ3n) is 3.18. The summed E-state index contributed by atoms with van der Waals surface area (Å²) in [6.45, 7) is 1.95. The quantitative estimate of drug-likeness (QED) is 0.864. The van der Waals surface area contributed by atoms with Gasteiger partial charge in [-0.05, 0) is 37.3 Å². The number of sulfonamides is 1. The summed E-state index contributed by atoms with van der Waals surface area (Å²) in [5.41, 5.74) is 1.66. The number of rotatable bonds is 4. The molecule has 0 saturated carbocycles. The fourth-order valence-corrected chi connectivity index (χ4v) is 3.40. The third-order valence-corrected chi connectivity index (χ3v) is 5.26. The molecule has 112 valence electrons. The molecule has 0 unspecified atom stereocenters. The van der Waals surface area contributed by atoms with Gasteiger partial charge in [0, 0.05) is 7.05 Å². The Balaban J connectivity index is 2.41. The van der Waals surface area contributed by atoms with Crippen LogP contribution in [-0.2, 0) is 10.0 Å². The van der Waals surface area contributed by atoms with Crippen LogP contribution in [0, 0.1) is 6.92 Å². The van der Waals surface area contributed by atoms with Crippen molar-refractivity contribution in [1.82, 2.24) is 0 Å². The Morgan fingerprint density at radius 1 is 1.10 bits per heavy atom. The Kier molecular flexibility index (Phi) is 4.44. The van der Waals surface area contributed by atoms with Crippen LogP contribution < -0.4 is 9.04 Å². The van der Waals surface area contributed by atoms with Crippen molar-refractivity contribution in [3.63, 3.8) is 0 Å². The maximum absolute atomic E-state index is 12.6. The first-order valence-corrected chi connectivity index (χ1v) is 8.07. The first-order chi connectivity index (χ1) is 9.86. The molecule has 0 amide bonds. The molecule has 4 nitrogen and oxygen atoms in total. The Morgan fingerprint density at radius 2 is 1.71 bits per heavy atom. The second-order valence-electron chi connectivity index (χ2n) is 4.60. The van der Waals surface area contributed by atoms with Gasteiger partial charge >= 0.3 is 0 Å². The van der Waals surface area contributed by atoms with E-state index in [2.05, 4.69) is 0 Å². The van der Waals surface area contributed by atoms with E-state index in [0.717, 1.165) is 5.56 Å². The van der Waals surface area contributed by atoms with Crippen LogP contribution in [0.1, 0.15) is 5.56 Å². The molecule has 21 heavy (non-hydrogen) atoms. The molecule has 2 aromatic rings. The minimum absolute atomic E-state index is 0.122. The lowest BCUT2D eigenvalue weighted by atomic mass is 10.2. The van der Waals surface area contributed by atoms with E-state index >= 15 is 0 Å². The Hall–Kier alpha value is -1.72. The lowest BCUT2D eigenvalue weighted by molar-refractivity contribution is 0.414. The second-order valence-corrected chi connectivity index (χ2v) is 6.98. The molecule has 0 radical (unpaired) electrons. The van der Waals surface area contributed by atoms with Gasteiger partial charge in [-0.2, -0.15) is 0 Å². The van der Waals surface area contributed by atoms with Gasteiger partial charge in [0.05, 0.1) is 22.7 Å². The van der Waals surface area contributed by atoms with Crippen molar-refractivity contribution in [3.8, 4) is 5.75 Å². The van der Waals surface area contributed by atoms with Crippen molar-refractivity contribution in [2.24, 2.45) is 0 Å². The number of halogens is 1. The van der Waals surface area contributed by atoms with Crippen molar-refractivity contribution < 1.29 is 13.2 Å². The van der Waals surface area contributed by atoms with Crippen LogP contribution in [0.4, 0.5) is 5.69 Å². The molecule has 0 aliphatic carbocycles. The normalized spacial score (nSPS) is 11.2. The lowest BCUT2D eigenvalue weighted by Crippen LogP contribution is -2.26. The molecule has 0 fully saturated rings. The number of nitrogens with zero attached hydrogens (tertiary/aromatic N) is 1. The predicted octanol–water partition coefficient (Wildman–Crippen LogP) is 3.48. The van der Waals surface area contributed by atoms with Crippen LogP contribution in [0.25, 0.3) is 0 Å². The molecule has 0 heterocycles. The largest absolute Gasteiger partial charge is 0.495 e. The van der Waals surface area contributed by atoms with Crippen LogP contribution in [0.2, 0.25) is 5.02 Å². The highest BCUT2D eigenvalue weighted by atomic mass is 35.5. The summed E-state index contributed by atoms with van der Waals surface area (Å²) in [4.78, 5) is 0.122. The van der Waals surface area contributed by atoms with Gasteiger partial charge in [-0.25, -0.2) is 8.42 Å². The van der Waals surface area contributed by atoms with Gasteiger partial charge in [0.2, 0.25) is 0 Å². The summed E-state index contributed by atoms with van der Waals surface area (Å²) >= 11 is 6.00. The van der Waals surface area contributed by atoms with E-state index in [1.807, 2.05) is 19.1 Å². The van der Waals surface area contributed by atoms with Gasteiger partial charge in [-0.1, -0.05) is 29.3 Å². The lowest BCUT2D eigenvalue weighted by Gasteiger charge is -2.20. The van der Waals surface area contributed by atoms with E-state index in [9.17, 15) is 8.42 Å². The van der Waals surface area contributed by atoms with Crippen LogP contribution in [0.3, 0.4) is 0 Å². The van der Waals surface area contributed by atoms with Crippen LogP contribution in [0.15, 0.2) is 47.4 Å². The molecule has 2 rings (SSSR count). The molecule has 0 N–H and O–H groups in total. The maximum Gasteiger partial charge on any atom is 0.264 e. The van der Waals surface area contributed by atoms with Crippen molar-refractivity contribution in [2.45, 2.75) is 11.8 Å². The van der Waals surface area contributed by atoms with Gasteiger partial charge in [-0.15, -0.1) is 0 Å². The molecular weight excluding hydrogens is 310 g/mol. The molecule has 0 atom stereocenters. The van der Waals surface area contributed by atoms with E-state index in [0.29, 0.717) is 11.4 Å². The number of aryl methyl sites for hydroxylation is 1. The minimum atomic E-state index is -3.66. The zero-order valence-corrected chi connectivity index (χ0v) is 13.6. The Labute approximate surface area is 130 Å². The average Bonchev–Trinajstić information content (AvgIpc) is 2.47. The number of methoxy groups -OCH3 is 1. The van der Waals surface area contributed by atoms with Crippen LogP contribution >= 0.6 is 11.6 Å². The maximum atomic E-state index is 12.6. The van der Waals surface area contributed by atoms with Gasteiger partial charge in [0.15, 0.2) is 0 Å². The SMILES string of the molecule is COc1ccc(S(=O)(=O)N(C)c2ccc(C)cc2)cc1Cl. The van der Waals surface area contributed by atoms with E-state index < -0.39 is 10.0 Å². The van der Waals surface area contributed by atoms with Crippen molar-refractivity contribution in [1.29, 1.82) is 0 Å². The predicted molar refractivity (Wildman–Crippen MR) is 84.8 cm³/mol. The van der Waals surface area contributed by atoms with E-state index in [1.54, 1.807) is 12.1 Å². The zero-order valence-electron chi connectivity index (χ0n) is 12.0. The number of ether oxygens (including phenoxy) is 1. The second kappa shape index (κ2) is 5.95. The number of benzene rings is 2. The molecule has 0 saturated heterocycles. The highest BCUT2D eigenvalue weighted by molar-refractivity contribution is 7.92. The van der Waals surface area contributed by atoms with Crippen molar-refractivity contribution >= 4 is 27.3 Å². The van der Waals surface area contributed by atoms with E-state index in [1.165, 1.54) is 36.7 Å². The molecule has 0 bridgehead atoms. The summed E-state index contributed by atoms with van der Waals surface area (Å²) in [5.74, 6) is 0.439. The molecule has 0 aliphatic heterocycles.